The number of likely N-dealkylation sites (tertiary alicyclic amines) is 1. The number of nitrogens with one attached hydrogen (secondary N) is 1. The first-order valence-electron chi connectivity index (χ1n) is 7.03. The van der Waals surface area contributed by atoms with Crippen LogP contribution in [0.1, 0.15) is 16.8 Å². The lowest BCUT2D eigenvalue weighted by atomic mass is 10.1. The summed E-state index contributed by atoms with van der Waals surface area (Å²) < 4.78 is 41.6. The smallest absolute Gasteiger partial charge is 0.406 e. The summed E-state index contributed by atoms with van der Waals surface area (Å²) in [5.74, 6) is -2.62. The number of amides is 2. The molecule has 9 heteroatoms. The Kier molecular flexibility index (Phi) is 5.10. The van der Waals surface area contributed by atoms with E-state index in [0.717, 1.165) is 0 Å². The molecule has 0 aromatic heterocycles. The van der Waals surface area contributed by atoms with Crippen LogP contribution in [0.4, 0.5) is 18.9 Å². The predicted molar refractivity (Wildman–Crippen MR) is 77.2 cm³/mol. The number of rotatable bonds is 4. The fraction of sp³-hybridized carbons (Fsp3) is 0.400. The van der Waals surface area contributed by atoms with Crippen LogP contribution in [0.2, 0.25) is 0 Å². The lowest BCUT2D eigenvalue weighted by Gasteiger charge is -2.18. The summed E-state index contributed by atoms with van der Waals surface area (Å²) in [7, 11) is 1.24. The van der Waals surface area contributed by atoms with Gasteiger partial charge in [0.2, 0.25) is 11.8 Å². The van der Waals surface area contributed by atoms with E-state index < -0.39 is 36.4 Å². The van der Waals surface area contributed by atoms with Gasteiger partial charge in [-0.3, -0.25) is 9.59 Å². The average Bonchev–Trinajstić information content (AvgIpc) is 2.86. The second-order valence-corrected chi connectivity index (χ2v) is 5.35. The van der Waals surface area contributed by atoms with Gasteiger partial charge in [0.1, 0.15) is 6.54 Å². The molecule has 0 aliphatic carbocycles. The van der Waals surface area contributed by atoms with E-state index in [-0.39, 0.29) is 13.0 Å². The van der Waals surface area contributed by atoms with Crippen LogP contribution in [0, 0.1) is 5.92 Å². The Labute approximate surface area is 135 Å². The standard InChI is InChI=1S/C15H15F3N2O4/c1-24-14(23)9-2-4-11(5-3-9)19-13(22)10-6-12(21)20(7-10)8-15(16,17)18/h2-5,10H,6-8H2,1H3,(H,19,22)/t10-/m0/s1. The molecule has 0 radical (unpaired) electrons. The van der Waals surface area contributed by atoms with Crippen LogP contribution in [-0.2, 0) is 14.3 Å². The number of benzene rings is 1. The third-order valence-electron chi connectivity index (χ3n) is 3.53. The number of carbonyl (C=O) groups excluding carboxylic acids is 3. The number of nitrogens with zero attached hydrogens (tertiary/aromatic N) is 1. The van der Waals surface area contributed by atoms with Gasteiger partial charge >= 0.3 is 12.1 Å². The molecule has 130 valence electrons. The summed E-state index contributed by atoms with van der Waals surface area (Å²) in [6, 6.07) is 5.82. The summed E-state index contributed by atoms with van der Waals surface area (Å²) in [5.41, 5.74) is 0.664. The Morgan fingerprint density at radius 3 is 2.46 bits per heavy atom. The fourth-order valence-corrected chi connectivity index (χ4v) is 2.37. The highest BCUT2D eigenvalue weighted by atomic mass is 19.4. The summed E-state index contributed by atoms with van der Waals surface area (Å²) in [4.78, 5) is 35.6. The highest BCUT2D eigenvalue weighted by molar-refractivity contribution is 5.97. The van der Waals surface area contributed by atoms with Crippen LogP contribution in [-0.4, -0.2) is 49.1 Å². The van der Waals surface area contributed by atoms with E-state index in [1.54, 1.807) is 0 Å². The van der Waals surface area contributed by atoms with Crippen molar-refractivity contribution in [2.75, 3.05) is 25.5 Å². The topological polar surface area (TPSA) is 75.7 Å². The van der Waals surface area contributed by atoms with Crippen LogP contribution in [0.25, 0.3) is 0 Å². The minimum Gasteiger partial charge on any atom is -0.465 e. The number of esters is 1. The molecule has 0 saturated carbocycles. The summed E-state index contributed by atoms with van der Waals surface area (Å²) >= 11 is 0. The largest absolute Gasteiger partial charge is 0.465 e. The molecule has 1 fully saturated rings. The van der Waals surface area contributed by atoms with Gasteiger partial charge in [-0.15, -0.1) is 0 Å². The van der Waals surface area contributed by atoms with E-state index in [0.29, 0.717) is 16.2 Å². The molecule has 2 amide bonds. The van der Waals surface area contributed by atoms with Gasteiger partial charge in [-0.1, -0.05) is 0 Å². The molecule has 1 aliphatic rings. The van der Waals surface area contributed by atoms with Crippen molar-refractivity contribution in [2.45, 2.75) is 12.6 Å². The molecule has 0 spiro atoms. The third kappa shape index (κ3) is 4.46. The second-order valence-electron chi connectivity index (χ2n) is 5.35. The van der Waals surface area contributed by atoms with Crippen LogP contribution in [0.15, 0.2) is 24.3 Å². The Hall–Kier alpha value is -2.58. The highest BCUT2D eigenvalue weighted by Gasteiger charge is 2.40. The summed E-state index contributed by atoms with van der Waals surface area (Å²) in [5, 5.41) is 2.52. The van der Waals surface area contributed by atoms with Gasteiger partial charge in [0, 0.05) is 18.7 Å². The Morgan fingerprint density at radius 2 is 1.92 bits per heavy atom. The lowest BCUT2D eigenvalue weighted by Crippen LogP contribution is -2.36. The Balaban J connectivity index is 1.95. The van der Waals surface area contributed by atoms with E-state index in [1.165, 1.54) is 31.4 Å². The number of methoxy groups -OCH3 is 1. The van der Waals surface area contributed by atoms with Crippen LogP contribution >= 0.6 is 0 Å². The molecule has 1 aliphatic heterocycles. The quantitative estimate of drug-likeness (QED) is 0.846. The monoisotopic (exact) mass is 344 g/mol. The molecule has 0 bridgehead atoms. The maximum Gasteiger partial charge on any atom is 0.406 e. The molecule has 1 N–H and O–H groups in total. The van der Waals surface area contributed by atoms with Crippen molar-refractivity contribution in [3.8, 4) is 0 Å². The average molecular weight is 344 g/mol. The van der Waals surface area contributed by atoms with E-state index >= 15 is 0 Å². The number of carbonyl (C=O) groups is 3. The van der Waals surface area contributed by atoms with Crippen molar-refractivity contribution in [1.29, 1.82) is 0 Å². The Bertz CT molecular complexity index is 643. The molecule has 1 heterocycles. The molecule has 1 aromatic rings. The first-order chi connectivity index (χ1) is 11.2. The first kappa shape index (κ1) is 17.8. The SMILES string of the molecule is COC(=O)c1ccc(NC(=O)[C@H]2CC(=O)N(CC(F)(F)F)C2)cc1. The molecular weight excluding hydrogens is 329 g/mol. The van der Waals surface area contributed by atoms with Gasteiger partial charge in [0.05, 0.1) is 18.6 Å². The molecular formula is C15H15F3N2O4. The summed E-state index contributed by atoms with van der Waals surface area (Å²) in [6.45, 7) is -1.63. The zero-order valence-corrected chi connectivity index (χ0v) is 12.7. The molecule has 1 atom stereocenters. The van der Waals surface area contributed by atoms with E-state index in [4.69, 9.17) is 0 Å². The molecule has 0 unspecified atom stereocenters. The van der Waals surface area contributed by atoms with Gasteiger partial charge in [-0.2, -0.15) is 13.2 Å². The second kappa shape index (κ2) is 6.90. The van der Waals surface area contributed by atoms with Gasteiger partial charge < -0.3 is 15.0 Å². The molecule has 6 nitrogen and oxygen atoms in total. The predicted octanol–water partition coefficient (Wildman–Crippen LogP) is 1.82. The third-order valence-corrected chi connectivity index (χ3v) is 3.53. The lowest BCUT2D eigenvalue weighted by molar-refractivity contribution is -0.157. The van der Waals surface area contributed by atoms with Crippen LogP contribution in [0.3, 0.4) is 0 Å². The first-order valence-corrected chi connectivity index (χ1v) is 7.03. The van der Waals surface area contributed by atoms with Crippen molar-refractivity contribution in [1.82, 2.24) is 4.90 Å². The highest BCUT2D eigenvalue weighted by Crippen LogP contribution is 2.24. The number of alkyl halides is 3. The van der Waals surface area contributed by atoms with E-state index in [9.17, 15) is 27.6 Å². The van der Waals surface area contributed by atoms with E-state index in [1.807, 2.05) is 0 Å². The van der Waals surface area contributed by atoms with Crippen molar-refractivity contribution in [3.63, 3.8) is 0 Å². The van der Waals surface area contributed by atoms with Gasteiger partial charge in [-0.05, 0) is 24.3 Å². The number of halogens is 3. The van der Waals surface area contributed by atoms with Crippen LogP contribution < -0.4 is 5.32 Å². The Morgan fingerprint density at radius 1 is 1.29 bits per heavy atom. The maximum atomic E-state index is 12.4. The van der Waals surface area contributed by atoms with E-state index in [2.05, 4.69) is 10.1 Å². The van der Waals surface area contributed by atoms with Crippen LogP contribution in [0.5, 0.6) is 0 Å². The number of anilines is 1. The van der Waals surface area contributed by atoms with Crippen molar-refractivity contribution < 1.29 is 32.3 Å². The summed E-state index contributed by atoms with van der Waals surface area (Å²) in [6.07, 6.45) is -4.76. The zero-order chi connectivity index (χ0) is 17.9. The van der Waals surface area contributed by atoms with Gasteiger partial charge in [0.25, 0.3) is 0 Å². The molecule has 1 saturated heterocycles. The fourth-order valence-electron chi connectivity index (χ4n) is 2.37. The molecule has 24 heavy (non-hydrogen) atoms. The maximum absolute atomic E-state index is 12.4. The van der Waals surface area contributed by atoms with Gasteiger partial charge in [-0.25, -0.2) is 4.79 Å². The minimum absolute atomic E-state index is 0.262. The number of hydrogen-bond acceptors (Lipinski definition) is 4. The number of hydrogen-bond donors (Lipinski definition) is 1. The normalized spacial score (nSPS) is 17.8. The molecule has 2 rings (SSSR count). The van der Waals surface area contributed by atoms with Gasteiger partial charge in [0.15, 0.2) is 0 Å². The van der Waals surface area contributed by atoms with Crippen molar-refractivity contribution >= 4 is 23.5 Å². The zero-order valence-electron chi connectivity index (χ0n) is 12.7. The van der Waals surface area contributed by atoms with Crippen molar-refractivity contribution in [3.05, 3.63) is 29.8 Å². The number of ether oxygens (including phenoxy) is 1. The minimum atomic E-state index is -4.50. The molecule has 1 aromatic carbocycles. The van der Waals surface area contributed by atoms with Crippen molar-refractivity contribution in [2.24, 2.45) is 5.92 Å².